The van der Waals surface area contributed by atoms with Gasteiger partial charge in [-0.25, -0.2) is 4.79 Å². The topological polar surface area (TPSA) is 51.3 Å². The van der Waals surface area contributed by atoms with Crippen molar-refractivity contribution in [2.45, 2.75) is 6.92 Å². The fourth-order valence-electron chi connectivity index (χ4n) is 2.42. The number of fused-ring (bicyclic) bond motifs is 3. The smallest absolute Gasteiger partial charge is 0.354 e. The van der Waals surface area contributed by atoms with E-state index in [0.29, 0.717) is 12.3 Å². The average Bonchev–Trinajstić information content (AvgIpc) is 2.92. The molecule has 0 aliphatic carbocycles. The quantitative estimate of drug-likeness (QED) is 0.740. The van der Waals surface area contributed by atoms with Crippen LogP contribution < -0.4 is 4.74 Å². The minimum Gasteiger partial charge on any atom is -0.496 e. The molecule has 0 amide bonds. The third-order valence-corrected chi connectivity index (χ3v) is 3.32. The van der Waals surface area contributed by atoms with E-state index in [-0.39, 0.29) is 5.97 Å². The lowest BCUT2D eigenvalue weighted by Crippen LogP contribution is -2.04. The fourth-order valence-corrected chi connectivity index (χ4v) is 2.42. The van der Waals surface area contributed by atoms with Crippen LogP contribution in [0.15, 0.2) is 36.4 Å². The molecule has 0 spiro atoms. The summed E-state index contributed by atoms with van der Waals surface area (Å²) < 4.78 is 10.4. The summed E-state index contributed by atoms with van der Waals surface area (Å²) in [6.45, 7) is 2.14. The highest BCUT2D eigenvalue weighted by Gasteiger charge is 2.15. The standard InChI is InChI=1S/C16H15NO3/c1-3-20-16(18)13-9-12-14(19-2)8-10-6-4-5-7-11(10)15(12)17-13/h4-9,17H,3H2,1-2H3. The Balaban J connectivity index is 2.30. The molecule has 0 fully saturated rings. The molecule has 3 rings (SSSR count). The Morgan fingerprint density at radius 3 is 2.75 bits per heavy atom. The maximum Gasteiger partial charge on any atom is 0.354 e. The van der Waals surface area contributed by atoms with Gasteiger partial charge in [0.1, 0.15) is 11.4 Å². The van der Waals surface area contributed by atoms with Crippen LogP contribution in [0, 0.1) is 0 Å². The number of esters is 1. The van der Waals surface area contributed by atoms with Crippen LogP contribution in [0.25, 0.3) is 21.7 Å². The summed E-state index contributed by atoms with van der Waals surface area (Å²) in [6.07, 6.45) is 0. The molecule has 3 aromatic rings. The van der Waals surface area contributed by atoms with Crippen LogP contribution in [0.2, 0.25) is 0 Å². The Bertz CT molecular complexity index is 789. The number of nitrogens with one attached hydrogen (secondary N) is 1. The van der Waals surface area contributed by atoms with Gasteiger partial charge in [0.15, 0.2) is 0 Å². The van der Waals surface area contributed by atoms with Crippen LogP contribution in [-0.2, 0) is 4.74 Å². The van der Waals surface area contributed by atoms with Gasteiger partial charge in [-0.3, -0.25) is 0 Å². The molecule has 0 radical (unpaired) electrons. The van der Waals surface area contributed by atoms with E-state index in [1.165, 1.54) is 0 Å². The Hall–Kier alpha value is -2.49. The Morgan fingerprint density at radius 1 is 1.20 bits per heavy atom. The van der Waals surface area contributed by atoms with Crippen molar-refractivity contribution in [2.24, 2.45) is 0 Å². The second kappa shape index (κ2) is 4.89. The molecule has 4 heteroatoms. The molecule has 4 nitrogen and oxygen atoms in total. The van der Waals surface area contributed by atoms with Crippen molar-refractivity contribution in [2.75, 3.05) is 13.7 Å². The van der Waals surface area contributed by atoms with Crippen LogP contribution in [-0.4, -0.2) is 24.7 Å². The predicted octanol–water partition coefficient (Wildman–Crippen LogP) is 3.51. The molecule has 20 heavy (non-hydrogen) atoms. The van der Waals surface area contributed by atoms with Gasteiger partial charge in [-0.05, 0) is 24.4 Å². The van der Waals surface area contributed by atoms with Gasteiger partial charge in [-0.1, -0.05) is 24.3 Å². The second-order valence-electron chi connectivity index (χ2n) is 4.49. The van der Waals surface area contributed by atoms with Gasteiger partial charge < -0.3 is 14.5 Å². The van der Waals surface area contributed by atoms with Crippen LogP contribution in [0.1, 0.15) is 17.4 Å². The number of benzene rings is 2. The van der Waals surface area contributed by atoms with E-state index in [2.05, 4.69) is 4.98 Å². The van der Waals surface area contributed by atoms with E-state index >= 15 is 0 Å². The molecule has 1 aromatic heterocycles. The van der Waals surface area contributed by atoms with Gasteiger partial charge in [-0.2, -0.15) is 0 Å². The largest absolute Gasteiger partial charge is 0.496 e. The fraction of sp³-hybridized carbons (Fsp3) is 0.188. The molecule has 2 aromatic carbocycles. The Labute approximate surface area is 116 Å². The van der Waals surface area contributed by atoms with Crippen molar-refractivity contribution < 1.29 is 14.3 Å². The molecule has 0 aliphatic heterocycles. The van der Waals surface area contributed by atoms with E-state index in [4.69, 9.17) is 9.47 Å². The summed E-state index contributed by atoms with van der Waals surface area (Å²) >= 11 is 0. The van der Waals surface area contributed by atoms with Crippen molar-refractivity contribution >= 4 is 27.6 Å². The number of aromatic nitrogens is 1. The first-order valence-electron chi connectivity index (χ1n) is 6.50. The summed E-state index contributed by atoms with van der Waals surface area (Å²) in [5, 5.41) is 3.00. The van der Waals surface area contributed by atoms with Crippen LogP contribution in [0.3, 0.4) is 0 Å². The number of hydrogen-bond donors (Lipinski definition) is 1. The van der Waals surface area contributed by atoms with E-state index in [9.17, 15) is 4.79 Å². The number of hydrogen-bond acceptors (Lipinski definition) is 3. The minimum absolute atomic E-state index is 0.352. The zero-order valence-corrected chi connectivity index (χ0v) is 11.4. The van der Waals surface area contributed by atoms with Gasteiger partial charge in [0.2, 0.25) is 0 Å². The summed E-state index contributed by atoms with van der Waals surface area (Å²) in [4.78, 5) is 15.0. The van der Waals surface area contributed by atoms with Gasteiger partial charge in [-0.15, -0.1) is 0 Å². The number of carbonyl (C=O) groups excluding carboxylic acids is 1. The van der Waals surface area contributed by atoms with E-state index in [1.54, 1.807) is 20.1 Å². The molecule has 0 aliphatic rings. The van der Waals surface area contributed by atoms with Crippen LogP contribution in [0.5, 0.6) is 5.75 Å². The van der Waals surface area contributed by atoms with Gasteiger partial charge in [0.25, 0.3) is 0 Å². The van der Waals surface area contributed by atoms with Crippen molar-refractivity contribution in [3.8, 4) is 5.75 Å². The first-order valence-corrected chi connectivity index (χ1v) is 6.50. The molecule has 1 N–H and O–H groups in total. The lowest BCUT2D eigenvalue weighted by atomic mass is 10.1. The zero-order chi connectivity index (χ0) is 14.1. The number of H-pyrrole nitrogens is 1. The number of ether oxygens (including phenoxy) is 2. The third kappa shape index (κ3) is 1.90. The summed E-state index contributed by atoms with van der Waals surface area (Å²) in [7, 11) is 1.63. The molecule has 0 unspecified atom stereocenters. The van der Waals surface area contributed by atoms with Crippen molar-refractivity contribution in [1.82, 2.24) is 4.98 Å². The van der Waals surface area contributed by atoms with Gasteiger partial charge in [0.05, 0.1) is 19.2 Å². The monoisotopic (exact) mass is 269 g/mol. The molecule has 0 bridgehead atoms. The Kier molecular flexibility index (Phi) is 3.06. The van der Waals surface area contributed by atoms with Gasteiger partial charge in [0, 0.05) is 10.8 Å². The second-order valence-corrected chi connectivity index (χ2v) is 4.49. The molecular weight excluding hydrogens is 254 g/mol. The highest BCUT2D eigenvalue weighted by molar-refractivity contribution is 6.11. The van der Waals surface area contributed by atoms with Crippen LogP contribution in [0.4, 0.5) is 0 Å². The van der Waals surface area contributed by atoms with Crippen molar-refractivity contribution in [3.05, 3.63) is 42.1 Å². The van der Waals surface area contributed by atoms with E-state index < -0.39 is 0 Å². The summed E-state index contributed by atoms with van der Waals surface area (Å²) in [5.41, 5.74) is 1.33. The average molecular weight is 269 g/mol. The highest BCUT2D eigenvalue weighted by Crippen LogP contribution is 2.33. The van der Waals surface area contributed by atoms with Crippen molar-refractivity contribution in [3.63, 3.8) is 0 Å². The minimum atomic E-state index is -0.352. The van der Waals surface area contributed by atoms with E-state index in [1.807, 2.05) is 30.3 Å². The molecule has 102 valence electrons. The predicted molar refractivity (Wildman–Crippen MR) is 78.3 cm³/mol. The maximum atomic E-state index is 11.9. The first kappa shape index (κ1) is 12.5. The van der Waals surface area contributed by atoms with E-state index in [0.717, 1.165) is 27.4 Å². The number of rotatable bonds is 3. The van der Waals surface area contributed by atoms with Crippen molar-refractivity contribution in [1.29, 1.82) is 0 Å². The molecule has 0 atom stereocenters. The maximum absolute atomic E-state index is 11.9. The first-order chi connectivity index (χ1) is 9.74. The lowest BCUT2D eigenvalue weighted by Gasteiger charge is -2.05. The van der Waals surface area contributed by atoms with Crippen LogP contribution >= 0.6 is 0 Å². The molecule has 0 saturated carbocycles. The normalized spacial score (nSPS) is 10.9. The SMILES string of the molecule is CCOC(=O)c1cc2c(OC)cc3ccccc3c2[nH]1. The van der Waals surface area contributed by atoms with Gasteiger partial charge >= 0.3 is 5.97 Å². The number of methoxy groups -OCH3 is 1. The summed E-state index contributed by atoms with van der Waals surface area (Å²) in [6, 6.07) is 11.7. The summed E-state index contributed by atoms with van der Waals surface area (Å²) in [5.74, 6) is 0.389. The molecule has 1 heterocycles. The number of aromatic amines is 1. The lowest BCUT2D eigenvalue weighted by molar-refractivity contribution is 0.0520. The number of carbonyl (C=O) groups is 1. The zero-order valence-electron chi connectivity index (χ0n) is 11.4. The Morgan fingerprint density at radius 2 is 2.00 bits per heavy atom. The molecule has 0 saturated heterocycles. The molecular formula is C16H15NO3. The third-order valence-electron chi connectivity index (χ3n) is 3.32. The highest BCUT2D eigenvalue weighted by atomic mass is 16.5.